The Morgan fingerprint density at radius 1 is 1.21 bits per heavy atom. The number of carbonyl (C=O) groups excluding carboxylic acids is 1. The van der Waals surface area contributed by atoms with E-state index in [-0.39, 0.29) is 19.1 Å². The van der Waals surface area contributed by atoms with E-state index in [4.69, 9.17) is 21.1 Å². The zero-order valence-electron chi connectivity index (χ0n) is 13.4. The van der Waals surface area contributed by atoms with E-state index in [1.54, 1.807) is 12.1 Å². The monoisotopic (exact) mass is 344 g/mol. The summed E-state index contributed by atoms with van der Waals surface area (Å²) in [5.74, 6) is 1.03. The fraction of sp³-hybridized carbons (Fsp3) is 0.222. The van der Waals surface area contributed by atoms with Crippen molar-refractivity contribution >= 4 is 23.7 Å². The highest BCUT2D eigenvalue weighted by molar-refractivity contribution is 6.33. The van der Waals surface area contributed by atoms with Gasteiger partial charge in [-0.15, -0.1) is 0 Å². The third kappa shape index (κ3) is 3.68. The Balaban J connectivity index is 1.61. The molecule has 0 fully saturated rings. The highest BCUT2D eigenvalue weighted by Crippen LogP contribution is 2.36. The average molecular weight is 345 g/mol. The molecule has 3 rings (SSSR count). The van der Waals surface area contributed by atoms with Crippen molar-refractivity contribution in [3.05, 3.63) is 57.6 Å². The first-order valence-corrected chi connectivity index (χ1v) is 7.88. The van der Waals surface area contributed by atoms with Gasteiger partial charge in [-0.2, -0.15) is 5.10 Å². The Kier molecular flexibility index (Phi) is 4.71. The number of aryl methyl sites for hydroxylation is 2. The van der Waals surface area contributed by atoms with Crippen molar-refractivity contribution in [2.24, 2.45) is 5.10 Å². The van der Waals surface area contributed by atoms with Crippen molar-refractivity contribution in [2.75, 3.05) is 6.79 Å². The quantitative estimate of drug-likeness (QED) is 0.683. The van der Waals surface area contributed by atoms with Crippen LogP contribution in [0.2, 0.25) is 5.02 Å². The van der Waals surface area contributed by atoms with E-state index in [2.05, 4.69) is 10.5 Å². The van der Waals surface area contributed by atoms with Gasteiger partial charge in [0.15, 0.2) is 11.5 Å². The van der Waals surface area contributed by atoms with E-state index in [1.165, 1.54) is 11.8 Å². The molecule has 2 aromatic carbocycles. The molecule has 1 aliphatic heterocycles. The molecule has 1 amide bonds. The predicted octanol–water partition coefficient (Wildman–Crippen LogP) is 3.38. The first kappa shape index (κ1) is 16.3. The lowest BCUT2D eigenvalue weighted by Crippen LogP contribution is -2.19. The zero-order chi connectivity index (χ0) is 17.1. The van der Waals surface area contributed by atoms with Gasteiger partial charge < -0.3 is 9.47 Å². The summed E-state index contributed by atoms with van der Waals surface area (Å²) in [5.41, 5.74) is 6.47. The summed E-state index contributed by atoms with van der Waals surface area (Å²) in [6.07, 6.45) is 1.76. The summed E-state index contributed by atoms with van der Waals surface area (Å²) >= 11 is 6.15. The Morgan fingerprint density at radius 3 is 2.71 bits per heavy atom. The van der Waals surface area contributed by atoms with Crippen molar-refractivity contribution in [1.29, 1.82) is 0 Å². The topological polar surface area (TPSA) is 59.9 Å². The lowest BCUT2D eigenvalue weighted by Gasteiger charge is -2.05. The second-order valence-electron chi connectivity index (χ2n) is 5.62. The maximum absolute atomic E-state index is 12.0. The second kappa shape index (κ2) is 6.93. The maximum atomic E-state index is 12.0. The zero-order valence-corrected chi connectivity index (χ0v) is 14.2. The van der Waals surface area contributed by atoms with Crippen LogP contribution < -0.4 is 14.9 Å². The lowest BCUT2D eigenvalue weighted by atomic mass is 10.0. The number of benzene rings is 2. The molecule has 0 aromatic heterocycles. The number of hydrogen-bond acceptors (Lipinski definition) is 4. The molecule has 0 saturated heterocycles. The molecule has 1 aliphatic rings. The minimum Gasteiger partial charge on any atom is -0.454 e. The Bertz CT molecular complexity index is 818. The SMILES string of the molecule is Cc1ccc(CC(=O)N/N=C/c2cc3c(cc2Cl)OCO3)cc1C. The summed E-state index contributed by atoms with van der Waals surface area (Å²) < 4.78 is 10.5. The molecule has 1 N–H and O–H groups in total. The summed E-state index contributed by atoms with van der Waals surface area (Å²) in [6.45, 7) is 4.24. The molecule has 0 unspecified atom stereocenters. The maximum Gasteiger partial charge on any atom is 0.244 e. The largest absolute Gasteiger partial charge is 0.454 e. The third-order valence-corrected chi connectivity index (χ3v) is 4.15. The smallest absolute Gasteiger partial charge is 0.244 e. The Morgan fingerprint density at radius 2 is 1.96 bits per heavy atom. The summed E-state index contributed by atoms with van der Waals surface area (Å²) in [5, 5.41) is 4.44. The molecule has 1 heterocycles. The number of ether oxygens (including phenoxy) is 2. The molecule has 6 heteroatoms. The van der Waals surface area contributed by atoms with Crippen LogP contribution in [-0.4, -0.2) is 18.9 Å². The van der Waals surface area contributed by atoms with Crippen LogP contribution in [0.3, 0.4) is 0 Å². The van der Waals surface area contributed by atoms with Gasteiger partial charge in [0, 0.05) is 11.6 Å². The molecule has 0 atom stereocenters. The molecule has 0 saturated carbocycles. The number of nitrogens with zero attached hydrogens (tertiary/aromatic N) is 1. The molecule has 0 bridgehead atoms. The molecule has 0 spiro atoms. The summed E-state index contributed by atoms with van der Waals surface area (Å²) in [4.78, 5) is 12.0. The van der Waals surface area contributed by atoms with Crippen molar-refractivity contribution in [2.45, 2.75) is 20.3 Å². The average Bonchev–Trinajstić information content (AvgIpc) is 2.98. The van der Waals surface area contributed by atoms with E-state index in [0.29, 0.717) is 22.1 Å². The minimum absolute atomic E-state index is 0.180. The number of hydrazone groups is 1. The lowest BCUT2D eigenvalue weighted by molar-refractivity contribution is -0.120. The van der Waals surface area contributed by atoms with E-state index in [1.807, 2.05) is 32.0 Å². The Labute approximate surface area is 145 Å². The summed E-state index contributed by atoms with van der Waals surface area (Å²) in [6, 6.07) is 9.35. The molecular weight excluding hydrogens is 328 g/mol. The van der Waals surface area contributed by atoms with Crippen LogP contribution in [0.1, 0.15) is 22.3 Å². The van der Waals surface area contributed by atoms with Gasteiger partial charge in [-0.25, -0.2) is 5.43 Å². The fourth-order valence-electron chi connectivity index (χ4n) is 2.34. The third-order valence-electron chi connectivity index (χ3n) is 3.82. The number of hydrogen-bond donors (Lipinski definition) is 1. The normalized spacial score (nSPS) is 12.6. The van der Waals surface area contributed by atoms with Crippen LogP contribution in [0, 0.1) is 13.8 Å². The highest BCUT2D eigenvalue weighted by atomic mass is 35.5. The number of fused-ring (bicyclic) bond motifs is 1. The number of carbonyl (C=O) groups is 1. The number of halogens is 1. The van der Waals surface area contributed by atoms with Crippen LogP contribution in [0.25, 0.3) is 0 Å². The van der Waals surface area contributed by atoms with Crippen molar-refractivity contribution in [3.63, 3.8) is 0 Å². The van der Waals surface area contributed by atoms with Crippen molar-refractivity contribution in [3.8, 4) is 11.5 Å². The van der Waals surface area contributed by atoms with Gasteiger partial charge in [0.05, 0.1) is 17.7 Å². The Hall–Kier alpha value is -2.53. The van der Waals surface area contributed by atoms with Gasteiger partial charge in [0.2, 0.25) is 12.7 Å². The van der Waals surface area contributed by atoms with Gasteiger partial charge in [-0.3, -0.25) is 4.79 Å². The van der Waals surface area contributed by atoms with Crippen LogP contribution in [0.15, 0.2) is 35.4 Å². The molecule has 0 radical (unpaired) electrons. The molecule has 124 valence electrons. The first-order valence-electron chi connectivity index (χ1n) is 7.50. The van der Waals surface area contributed by atoms with Crippen LogP contribution in [0.5, 0.6) is 11.5 Å². The van der Waals surface area contributed by atoms with E-state index >= 15 is 0 Å². The van der Waals surface area contributed by atoms with Gasteiger partial charge in [-0.05, 0) is 36.6 Å². The van der Waals surface area contributed by atoms with Gasteiger partial charge in [0.1, 0.15) is 0 Å². The van der Waals surface area contributed by atoms with Crippen molar-refractivity contribution in [1.82, 2.24) is 5.43 Å². The molecule has 5 nitrogen and oxygen atoms in total. The molecule has 0 aliphatic carbocycles. The minimum atomic E-state index is -0.189. The van der Waals surface area contributed by atoms with Gasteiger partial charge in [0.25, 0.3) is 0 Å². The number of rotatable bonds is 4. The summed E-state index contributed by atoms with van der Waals surface area (Å²) in [7, 11) is 0. The molecule has 2 aromatic rings. The van der Waals surface area contributed by atoms with Crippen LogP contribution >= 0.6 is 11.6 Å². The molecule has 24 heavy (non-hydrogen) atoms. The van der Waals surface area contributed by atoms with Crippen molar-refractivity contribution < 1.29 is 14.3 Å². The van der Waals surface area contributed by atoms with Crippen LogP contribution in [-0.2, 0) is 11.2 Å². The first-order chi connectivity index (χ1) is 11.5. The van der Waals surface area contributed by atoms with E-state index in [0.717, 1.165) is 11.1 Å². The van der Waals surface area contributed by atoms with Gasteiger partial charge in [-0.1, -0.05) is 29.8 Å². The standard InChI is InChI=1S/C18H17ClN2O3/c1-11-3-4-13(5-12(11)2)6-18(22)21-20-9-14-7-16-17(8-15(14)19)24-10-23-16/h3-5,7-9H,6,10H2,1-2H3,(H,21,22)/b20-9+. The second-order valence-corrected chi connectivity index (χ2v) is 6.02. The van der Waals surface area contributed by atoms with E-state index < -0.39 is 0 Å². The number of nitrogens with one attached hydrogen (secondary N) is 1. The number of amides is 1. The van der Waals surface area contributed by atoms with Crippen LogP contribution in [0.4, 0.5) is 0 Å². The fourth-order valence-corrected chi connectivity index (χ4v) is 2.55. The molecular formula is C18H17ClN2O3. The van der Waals surface area contributed by atoms with E-state index in [9.17, 15) is 4.79 Å². The van der Waals surface area contributed by atoms with Gasteiger partial charge >= 0.3 is 0 Å². The predicted molar refractivity (Wildman–Crippen MR) is 92.9 cm³/mol. The highest BCUT2D eigenvalue weighted by Gasteiger charge is 2.15.